The van der Waals surface area contributed by atoms with Gasteiger partial charge in [-0.25, -0.2) is 0 Å². The third kappa shape index (κ3) is 3.95. The molecule has 0 spiro atoms. The fraction of sp³-hybridized carbons (Fsp3) is 0.375. The molecule has 0 N–H and O–H groups in total. The van der Waals surface area contributed by atoms with Gasteiger partial charge in [-0.05, 0) is 55.7 Å². The maximum Gasteiger partial charge on any atom is 0.227 e. The van der Waals surface area contributed by atoms with Gasteiger partial charge in [0.25, 0.3) is 0 Å². The molecule has 30 heavy (non-hydrogen) atoms. The summed E-state index contributed by atoms with van der Waals surface area (Å²) in [6, 6.07) is 11.6. The van der Waals surface area contributed by atoms with Gasteiger partial charge in [0.1, 0.15) is 11.5 Å². The molecule has 0 unspecified atom stereocenters. The van der Waals surface area contributed by atoms with E-state index < -0.39 is 0 Å². The number of likely N-dealkylation sites (tertiary alicyclic amines) is 1. The average Bonchev–Trinajstić information content (AvgIpc) is 3.09. The number of piperidine rings is 1. The number of carbonyl (C=O) groups is 2. The van der Waals surface area contributed by atoms with Crippen LogP contribution in [0, 0.1) is 19.8 Å². The van der Waals surface area contributed by atoms with Crippen LogP contribution < -0.4 is 4.74 Å². The molecule has 4 rings (SSSR count). The number of nitrogens with zero attached hydrogens (tertiary/aromatic N) is 2. The quantitative estimate of drug-likeness (QED) is 0.596. The molecule has 1 atom stereocenters. The summed E-state index contributed by atoms with van der Waals surface area (Å²) in [5.74, 6) is 1.41. The maximum atomic E-state index is 13.2. The van der Waals surface area contributed by atoms with Crippen molar-refractivity contribution < 1.29 is 18.8 Å². The summed E-state index contributed by atoms with van der Waals surface area (Å²) in [4.78, 5) is 27.8. The number of fused-ring (bicyclic) bond motifs is 1. The van der Waals surface area contributed by atoms with Gasteiger partial charge in [-0.3, -0.25) is 9.59 Å². The minimum atomic E-state index is -0.178. The molecule has 0 radical (unpaired) electrons. The lowest BCUT2D eigenvalue weighted by Gasteiger charge is -2.32. The van der Waals surface area contributed by atoms with E-state index in [1.165, 1.54) is 0 Å². The van der Waals surface area contributed by atoms with Crippen molar-refractivity contribution in [2.75, 3.05) is 20.2 Å². The molecule has 1 aromatic heterocycles. The summed E-state index contributed by atoms with van der Waals surface area (Å²) < 4.78 is 10.4. The molecule has 0 aliphatic carbocycles. The van der Waals surface area contributed by atoms with Gasteiger partial charge in [0.05, 0.1) is 19.2 Å². The average molecular weight is 406 g/mol. The number of benzene rings is 2. The molecule has 3 aromatic rings. The van der Waals surface area contributed by atoms with Crippen LogP contribution in [0.2, 0.25) is 0 Å². The van der Waals surface area contributed by atoms with Crippen molar-refractivity contribution in [3.05, 3.63) is 59.0 Å². The minimum Gasteiger partial charge on any atom is -0.497 e. The Kier molecular flexibility index (Phi) is 5.57. The van der Waals surface area contributed by atoms with Gasteiger partial charge in [0.2, 0.25) is 5.91 Å². The van der Waals surface area contributed by atoms with E-state index in [0.717, 1.165) is 40.6 Å². The zero-order valence-electron chi connectivity index (χ0n) is 17.6. The lowest BCUT2D eigenvalue weighted by molar-refractivity contribution is -0.131. The number of hydrogen-bond acceptors (Lipinski definition) is 5. The molecule has 1 fully saturated rings. The van der Waals surface area contributed by atoms with Crippen LogP contribution in [-0.2, 0) is 11.2 Å². The van der Waals surface area contributed by atoms with E-state index in [1.807, 2.05) is 55.1 Å². The van der Waals surface area contributed by atoms with Crippen molar-refractivity contribution in [1.29, 1.82) is 0 Å². The number of aryl methyl sites for hydroxylation is 2. The third-order valence-corrected chi connectivity index (χ3v) is 5.99. The molecule has 156 valence electrons. The SMILES string of the molecule is COc1ccc2cc(C(=O)[C@H]3CCCN(C(=O)Cc4c(C)noc4C)C3)ccc2c1. The Labute approximate surface area is 175 Å². The predicted octanol–water partition coefficient (Wildman–Crippen LogP) is 4.12. The van der Waals surface area contributed by atoms with Crippen LogP contribution in [0.25, 0.3) is 10.8 Å². The zero-order chi connectivity index (χ0) is 21.3. The van der Waals surface area contributed by atoms with Crippen molar-refractivity contribution in [2.45, 2.75) is 33.1 Å². The molecule has 1 amide bonds. The van der Waals surface area contributed by atoms with E-state index in [2.05, 4.69) is 5.16 Å². The highest BCUT2D eigenvalue weighted by Crippen LogP contribution is 2.26. The van der Waals surface area contributed by atoms with Gasteiger partial charge in [0, 0.05) is 30.1 Å². The fourth-order valence-corrected chi connectivity index (χ4v) is 4.17. The summed E-state index contributed by atoms with van der Waals surface area (Å²) in [6.45, 7) is 4.81. The molecule has 6 nitrogen and oxygen atoms in total. The first-order valence-electron chi connectivity index (χ1n) is 10.3. The zero-order valence-corrected chi connectivity index (χ0v) is 17.6. The number of carbonyl (C=O) groups excluding carboxylic acids is 2. The van der Waals surface area contributed by atoms with E-state index in [-0.39, 0.29) is 24.0 Å². The lowest BCUT2D eigenvalue weighted by Crippen LogP contribution is -2.43. The Morgan fingerprint density at radius 2 is 1.93 bits per heavy atom. The summed E-state index contributed by atoms with van der Waals surface area (Å²) >= 11 is 0. The Bertz CT molecular complexity index is 1080. The number of amides is 1. The Hall–Kier alpha value is -3.15. The highest BCUT2D eigenvalue weighted by molar-refractivity contribution is 6.01. The number of aromatic nitrogens is 1. The second kappa shape index (κ2) is 8.30. The smallest absolute Gasteiger partial charge is 0.227 e. The fourth-order valence-electron chi connectivity index (χ4n) is 4.17. The van der Waals surface area contributed by atoms with Crippen LogP contribution in [-0.4, -0.2) is 41.9 Å². The number of ketones is 1. The monoisotopic (exact) mass is 406 g/mol. The number of hydrogen-bond donors (Lipinski definition) is 0. The van der Waals surface area contributed by atoms with Gasteiger partial charge in [-0.15, -0.1) is 0 Å². The first-order chi connectivity index (χ1) is 14.5. The lowest BCUT2D eigenvalue weighted by atomic mass is 9.89. The van der Waals surface area contributed by atoms with Gasteiger partial charge < -0.3 is 14.2 Å². The van der Waals surface area contributed by atoms with E-state index >= 15 is 0 Å². The first-order valence-corrected chi connectivity index (χ1v) is 10.3. The van der Waals surface area contributed by atoms with Gasteiger partial charge in [-0.1, -0.05) is 23.4 Å². The van der Waals surface area contributed by atoms with Crippen molar-refractivity contribution in [1.82, 2.24) is 10.1 Å². The molecule has 2 aromatic carbocycles. The second-order valence-electron chi connectivity index (χ2n) is 7.95. The van der Waals surface area contributed by atoms with Crippen molar-refractivity contribution >= 4 is 22.5 Å². The summed E-state index contributed by atoms with van der Waals surface area (Å²) in [6.07, 6.45) is 1.89. The van der Waals surface area contributed by atoms with Crippen molar-refractivity contribution in [3.8, 4) is 5.75 Å². The van der Waals surface area contributed by atoms with Crippen LogP contribution >= 0.6 is 0 Å². The van der Waals surface area contributed by atoms with Gasteiger partial charge in [0.15, 0.2) is 5.78 Å². The molecule has 1 saturated heterocycles. The number of Topliss-reactive ketones (excluding diaryl/α,β-unsaturated/α-hetero) is 1. The molecule has 0 saturated carbocycles. The first kappa shape index (κ1) is 20.1. The maximum absolute atomic E-state index is 13.2. The second-order valence-corrected chi connectivity index (χ2v) is 7.95. The molecule has 2 heterocycles. The minimum absolute atomic E-state index is 0.0208. The molecular formula is C24H26N2O4. The normalized spacial score (nSPS) is 16.6. The Balaban J connectivity index is 1.48. The molecule has 1 aliphatic rings. The number of rotatable bonds is 5. The molecular weight excluding hydrogens is 380 g/mol. The van der Waals surface area contributed by atoms with E-state index in [1.54, 1.807) is 7.11 Å². The number of methoxy groups -OCH3 is 1. The van der Waals surface area contributed by atoms with Crippen LogP contribution in [0.3, 0.4) is 0 Å². The van der Waals surface area contributed by atoms with Crippen LogP contribution in [0.4, 0.5) is 0 Å². The van der Waals surface area contributed by atoms with Gasteiger partial charge in [-0.2, -0.15) is 0 Å². The van der Waals surface area contributed by atoms with E-state index in [0.29, 0.717) is 24.4 Å². The van der Waals surface area contributed by atoms with E-state index in [9.17, 15) is 9.59 Å². The van der Waals surface area contributed by atoms with Crippen LogP contribution in [0.1, 0.15) is 40.2 Å². The van der Waals surface area contributed by atoms with Gasteiger partial charge >= 0.3 is 0 Å². The van der Waals surface area contributed by atoms with Crippen molar-refractivity contribution in [3.63, 3.8) is 0 Å². The number of ether oxygens (including phenoxy) is 1. The topological polar surface area (TPSA) is 72.6 Å². The molecule has 1 aliphatic heterocycles. The van der Waals surface area contributed by atoms with Crippen LogP contribution in [0.5, 0.6) is 5.75 Å². The highest BCUT2D eigenvalue weighted by Gasteiger charge is 2.29. The highest BCUT2D eigenvalue weighted by atomic mass is 16.5. The molecule has 0 bridgehead atoms. The largest absolute Gasteiger partial charge is 0.497 e. The summed E-state index contributed by atoms with van der Waals surface area (Å²) in [7, 11) is 1.64. The van der Waals surface area contributed by atoms with Crippen LogP contribution in [0.15, 0.2) is 40.9 Å². The Morgan fingerprint density at radius 1 is 1.17 bits per heavy atom. The van der Waals surface area contributed by atoms with Crippen molar-refractivity contribution in [2.24, 2.45) is 5.92 Å². The summed E-state index contributed by atoms with van der Waals surface area (Å²) in [5, 5.41) is 5.96. The summed E-state index contributed by atoms with van der Waals surface area (Å²) in [5.41, 5.74) is 2.29. The molecule has 6 heteroatoms. The third-order valence-electron chi connectivity index (χ3n) is 5.99. The standard InChI is InChI=1S/C24H26N2O4/c1-15-22(16(2)30-25-15)13-23(27)26-10-4-5-20(14-26)24(28)19-7-6-18-12-21(29-3)9-8-17(18)11-19/h6-9,11-12,20H,4-5,10,13-14H2,1-3H3/t20-/m0/s1. The van der Waals surface area contributed by atoms with E-state index in [4.69, 9.17) is 9.26 Å². The predicted molar refractivity (Wildman–Crippen MR) is 114 cm³/mol. The Morgan fingerprint density at radius 3 is 2.67 bits per heavy atom.